The number of benzene rings is 1. The van der Waals surface area contributed by atoms with Crippen LogP contribution in [0, 0.1) is 13.8 Å². The van der Waals surface area contributed by atoms with Crippen molar-refractivity contribution in [1.29, 1.82) is 0 Å². The standard InChI is InChI=1S/C13H13F3N2O/c1-9-5-3-4-6-11(9)18-10(2)7-12(17-18)19-8-13(14,15)16/h3-7H,8H2,1-2H3. The van der Waals surface area contributed by atoms with Crippen LogP contribution in [0.25, 0.3) is 5.69 Å². The molecule has 0 saturated carbocycles. The number of alkyl halides is 3. The second kappa shape index (κ2) is 4.95. The van der Waals surface area contributed by atoms with E-state index in [2.05, 4.69) is 9.84 Å². The van der Waals surface area contributed by atoms with Crippen molar-refractivity contribution in [3.8, 4) is 11.6 Å². The minimum Gasteiger partial charge on any atom is -0.467 e. The van der Waals surface area contributed by atoms with Crippen molar-refractivity contribution in [2.45, 2.75) is 20.0 Å². The number of halogens is 3. The molecule has 0 unspecified atom stereocenters. The van der Waals surface area contributed by atoms with Crippen molar-refractivity contribution in [3.63, 3.8) is 0 Å². The molecule has 0 aliphatic heterocycles. The Kier molecular flexibility index (Phi) is 3.50. The highest BCUT2D eigenvalue weighted by Gasteiger charge is 2.29. The summed E-state index contributed by atoms with van der Waals surface area (Å²) in [6.07, 6.45) is -4.36. The zero-order chi connectivity index (χ0) is 14.0. The van der Waals surface area contributed by atoms with Crippen molar-refractivity contribution in [2.24, 2.45) is 0 Å². The molecule has 19 heavy (non-hydrogen) atoms. The first kappa shape index (κ1) is 13.5. The van der Waals surface area contributed by atoms with Crippen LogP contribution in [0.5, 0.6) is 5.88 Å². The van der Waals surface area contributed by atoms with E-state index >= 15 is 0 Å². The summed E-state index contributed by atoms with van der Waals surface area (Å²) in [4.78, 5) is 0. The van der Waals surface area contributed by atoms with Gasteiger partial charge in [-0.25, -0.2) is 4.68 Å². The van der Waals surface area contributed by atoms with Crippen LogP contribution in [0.3, 0.4) is 0 Å². The van der Waals surface area contributed by atoms with E-state index in [0.29, 0.717) is 5.69 Å². The lowest BCUT2D eigenvalue weighted by Crippen LogP contribution is -2.19. The van der Waals surface area contributed by atoms with Crippen LogP contribution < -0.4 is 4.74 Å². The molecule has 2 rings (SSSR count). The van der Waals surface area contributed by atoms with E-state index in [1.54, 1.807) is 11.6 Å². The van der Waals surface area contributed by atoms with E-state index in [1.165, 1.54) is 6.07 Å². The smallest absolute Gasteiger partial charge is 0.422 e. The summed E-state index contributed by atoms with van der Waals surface area (Å²) in [5.41, 5.74) is 2.52. The van der Waals surface area contributed by atoms with Gasteiger partial charge < -0.3 is 4.74 Å². The van der Waals surface area contributed by atoms with Gasteiger partial charge in [0.25, 0.3) is 0 Å². The predicted molar refractivity (Wildman–Crippen MR) is 64.6 cm³/mol. The molecule has 1 heterocycles. The van der Waals surface area contributed by atoms with Crippen LogP contribution in [0.4, 0.5) is 13.2 Å². The lowest BCUT2D eigenvalue weighted by molar-refractivity contribution is -0.154. The maximum atomic E-state index is 12.1. The molecule has 0 aliphatic carbocycles. The minimum absolute atomic E-state index is 0.0296. The highest BCUT2D eigenvalue weighted by atomic mass is 19.4. The molecular formula is C13H13F3N2O. The summed E-state index contributed by atoms with van der Waals surface area (Å²) in [7, 11) is 0. The van der Waals surface area contributed by atoms with Crippen molar-refractivity contribution >= 4 is 0 Å². The second-order valence-corrected chi connectivity index (χ2v) is 4.23. The summed E-state index contributed by atoms with van der Waals surface area (Å²) in [6, 6.07) is 8.98. The van der Waals surface area contributed by atoms with E-state index in [4.69, 9.17) is 0 Å². The molecule has 6 heteroatoms. The summed E-state index contributed by atoms with van der Waals surface area (Å²) in [5, 5.41) is 4.04. The number of rotatable bonds is 3. The van der Waals surface area contributed by atoms with Crippen LogP contribution >= 0.6 is 0 Å². The van der Waals surface area contributed by atoms with Gasteiger partial charge in [-0.2, -0.15) is 13.2 Å². The Morgan fingerprint density at radius 2 is 1.89 bits per heavy atom. The first-order valence-corrected chi connectivity index (χ1v) is 5.69. The van der Waals surface area contributed by atoms with Gasteiger partial charge in [-0.1, -0.05) is 18.2 Å². The number of para-hydroxylation sites is 1. The quantitative estimate of drug-likeness (QED) is 0.854. The molecule has 0 fully saturated rings. The van der Waals surface area contributed by atoms with Crippen molar-refractivity contribution in [2.75, 3.05) is 6.61 Å². The van der Waals surface area contributed by atoms with Crippen LogP contribution in [0.15, 0.2) is 30.3 Å². The third-order valence-electron chi connectivity index (χ3n) is 2.59. The van der Waals surface area contributed by atoms with Crippen molar-refractivity contribution in [3.05, 3.63) is 41.6 Å². The number of aromatic nitrogens is 2. The second-order valence-electron chi connectivity index (χ2n) is 4.23. The van der Waals surface area contributed by atoms with E-state index in [1.807, 2.05) is 31.2 Å². The molecule has 0 N–H and O–H groups in total. The maximum Gasteiger partial charge on any atom is 0.422 e. The third kappa shape index (κ3) is 3.27. The number of nitrogens with zero attached hydrogens (tertiary/aromatic N) is 2. The number of hydrogen-bond donors (Lipinski definition) is 0. The van der Waals surface area contributed by atoms with E-state index < -0.39 is 12.8 Å². The zero-order valence-electron chi connectivity index (χ0n) is 10.5. The van der Waals surface area contributed by atoms with Crippen molar-refractivity contribution < 1.29 is 17.9 Å². The fourth-order valence-corrected chi connectivity index (χ4v) is 1.72. The van der Waals surface area contributed by atoms with Gasteiger partial charge in [0.2, 0.25) is 5.88 Å². The maximum absolute atomic E-state index is 12.1. The fraction of sp³-hybridized carbons (Fsp3) is 0.308. The lowest BCUT2D eigenvalue weighted by atomic mass is 10.2. The van der Waals surface area contributed by atoms with E-state index in [9.17, 15) is 13.2 Å². The molecule has 0 atom stereocenters. The highest BCUT2D eigenvalue weighted by molar-refractivity contribution is 5.41. The van der Waals surface area contributed by atoms with E-state index in [-0.39, 0.29) is 5.88 Å². The van der Waals surface area contributed by atoms with E-state index in [0.717, 1.165) is 11.3 Å². The number of aryl methyl sites for hydroxylation is 2. The van der Waals surface area contributed by atoms with Crippen molar-refractivity contribution in [1.82, 2.24) is 9.78 Å². The molecule has 0 saturated heterocycles. The van der Waals surface area contributed by atoms with Gasteiger partial charge in [0.1, 0.15) is 0 Å². The first-order valence-electron chi connectivity index (χ1n) is 5.69. The average molecular weight is 270 g/mol. The monoisotopic (exact) mass is 270 g/mol. The molecule has 0 aliphatic rings. The number of hydrogen-bond acceptors (Lipinski definition) is 2. The topological polar surface area (TPSA) is 27.1 Å². The van der Waals surface area contributed by atoms with Gasteiger partial charge in [-0.3, -0.25) is 0 Å². The summed E-state index contributed by atoms with van der Waals surface area (Å²) in [5.74, 6) is -0.0296. The molecule has 0 radical (unpaired) electrons. The Morgan fingerprint density at radius 1 is 1.21 bits per heavy atom. The Balaban J connectivity index is 2.25. The summed E-state index contributed by atoms with van der Waals surface area (Å²) < 4.78 is 42.4. The van der Waals surface area contributed by atoms with Crippen LogP contribution in [0.2, 0.25) is 0 Å². The summed E-state index contributed by atoms with van der Waals surface area (Å²) >= 11 is 0. The molecule has 1 aromatic carbocycles. The molecule has 0 spiro atoms. The molecule has 1 aromatic heterocycles. The Bertz CT molecular complexity index is 576. The SMILES string of the molecule is Cc1ccccc1-n1nc(OCC(F)(F)F)cc1C. The van der Waals surface area contributed by atoms with Gasteiger partial charge in [-0.05, 0) is 25.5 Å². The van der Waals surface area contributed by atoms with Crippen LogP contribution in [0.1, 0.15) is 11.3 Å². The molecule has 0 bridgehead atoms. The molecule has 2 aromatic rings. The van der Waals surface area contributed by atoms with Gasteiger partial charge in [-0.15, -0.1) is 5.10 Å². The van der Waals surface area contributed by atoms with Gasteiger partial charge in [0.15, 0.2) is 6.61 Å². The third-order valence-corrected chi connectivity index (χ3v) is 2.59. The van der Waals surface area contributed by atoms with Gasteiger partial charge in [0.05, 0.1) is 5.69 Å². The molecule has 102 valence electrons. The Morgan fingerprint density at radius 3 is 2.53 bits per heavy atom. The van der Waals surface area contributed by atoms with Crippen LogP contribution in [-0.4, -0.2) is 22.6 Å². The molecular weight excluding hydrogens is 257 g/mol. The largest absolute Gasteiger partial charge is 0.467 e. The number of ether oxygens (including phenoxy) is 1. The zero-order valence-corrected chi connectivity index (χ0v) is 10.5. The minimum atomic E-state index is -4.36. The Labute approximate surface area is 108 Å². The Hall–Kier alpha value is -1.98. The van der Waals surface area contributed by atoms with Crippen LogP contribution in [-0.2, 0) is 0 Å². The highest BCUT2D eigenvalue weighted by Crippen LogP contribution is 2.21. The summed E-state index contributed by atoms with van der Waals surface area (Å²) in [6.45, 7) is 2.34. The predicted octanol–water partition coefficient (Wildman–Crippen LogP) is 3.43. The average Bonchev–Trinajstić information content (AvgIpc) is 2.68. The fourth-order valence-electron chi connectivity index (χ4n) is 1.72. The van der Waals surface area contributed by atoms with Gasteiger partial charge in [0, 0.05) is 11.8 Å². The molecule has 0 amide bonds. The normalized spacial score (nSPS) is 11.6. The first-order chi connectivity index (χ1) is 8.87. The molecule has 3 nitrogen and oxygen atoms in total. The lowest BCUT2D eigenvalue weighted by Gasteiger charge is -2.08. The van der Waals surface area contributed by atoms with Gasteiger partial charge >= 0.3 is 6.18 Å².